The van der Waals surface area contributed by atoms with E-state index in [1.54, 1.807) is 12.2 Å². The van der Waals surface area contributed by atoms with E-state index in [2.05, 4.69) is 24.3 Å². The summed E-state index contributed by atoms with van der Waals surface area (Å²) in [5, 5.41) is 2.38. The average molecular weight is 302 g/mol. The Morgan fingerprint density at radius 2 is 1.70 bits per heavy atom. The van der Waals surface area contributed by atoms with Crippen LogP contribution in [0.15, 0.2) is 83.9 Å². The molecule has 3 nitrogen and oxygen atoms in total. The molecule has 112 valence electrons. The van der Waals surface area contributed by atoms with E-state index in [4.69, 9.17) is 9.47 Å². The van der Waals surface area contributed by atoms with Gasteiger partial charge in [0.15, 0.2) is 17.3 Å². The largest absolute Gasteiger partial charge is 0.454 e. The third kappa shape index (κ3) is 2.57. The van der Waals surface area contributed by atoms with Gasteiger partial charge in [0.25, 0.3) is 0 Å². The van der Waals surface area contributed by atoms with Crippen LogP contribution in [-0.2, 0) is 14.3 Å². The quantitative estimate of drug-likeness (QED) is 0.782. The predicted octanol–water partition coefficient (Wildman–Crippen LogP) is 4.13. The van der Waals surface area contributed by atoms with Gasteiger partial charge in [-0.25, -0.2) is 0 Å². The summed E-state index contributed by atoms with van der Waals surface area (Å²) in [6.07, 6.45) is 8.89. The smallest absolute Gasteiger partial charge is 0.231 e. The van der Waals surface area contributed by atoms with Crippen LogP contribution in [-0.4, -0.2) is 12.6 Å². The SMILES string of the molecule is O=C1C=C2OCOC2=C/C1=C\C=C\c1cccc2ccccc12. The van der Waals surface area contributed by atoms with E-state index in [1.165, 1.54) is 16.8 Å². The first-order chi connectivity index (χ1) is 11.3. The minimum atomic E-state index is -0.0724. The van der Waals surface area contributed by atoms with Crippen molar-refractivity contribution in [2.45, 2.75) is 0 Å². The number of hydrogen-bond donors (Lipinski definition) is 0. The van der Waals surface area contributed by atoms with Crippen molar-refractivity contribution in [2.24, 2.45) is 0 Å². The zero-order valence-electron chi connectivity index (χ0n) is 12.4. The monoisotopic (exact) mass is 302 g/mol. The van der Waals surface area contributed by atoms with Crippen LogP contribution in [0.3, 0.4) is 0 Å². The van der Waals surface area contributed by atoms with E-state index in [9.17, 15) is 4.79 Å². The Morgan fingerprint density at radius 1 is 0.913 bits per heavy atom. The lowest BCUT2D eigenvalue weighted by Gasteiger charge is -2.05. The van der Waals surface area contributed by atoms with E-state index >= 15 is 0 Å². The number of ether oxygens (including phenoxy) is 2. The van der Waals surface area contributed by atoms with E-state index < -0.39 is 0 Å². The lowest BCUT2D eigenvalue weighted by atomic mass is 10.0. The zero-order chi connectivity index (χ0) is 15.6. The van der Waals surface area contributed by atoms with Gasteiger partial charge in [-0.05, 0) is 22.4 Å². The summed E-state index contributed by atoms with van der Waals surface area (Å²) in [5.41, 5.74) is 1.71. The summed E-state index contributed by atoms with van der Waals surface area (Å²) in [4.78, 5) is 12.0. The van der Waals surface area contributed by atoms with Crippen molar-refractivity contribution in [3.63, 3.8) is 0 Å². The van der Waals surface area contributed by atoms with Crippen molar-refractivity contribution in [2.75, 3.05) is 6.79 Å². The van der Waals surface area contributed by atoms with Crippen LogP contribution in [0.2, 0.25) is 0 Å². The second-order valence-electron chi connectivity index (χ2n) is 5.34. The fourth-order valence-corrected chi connectivity index (χ4v) is 2.72. The van der Waals surface area contributed by atoms with E-state index in [-0.39, 0.29) is 12.6 Å². The highest BCUT2D eigenvalue weighted by Gasteiger charge is 2.24. The van der Waals surface area contributed by atoms with Gasteiger partial charge in [0.1, 0.15) is 0 Å². The third-order valence-electron chi connectivity index (χ3n) is 3.88. The fraction of sp³-hybridized carbons (Fsp3) is 0.0500. The van der Waals surface area contributed by atoms with Crippen LogP contribution in [0.4, 0.5) is 0 Å². The highest BCUT2D eigenvalue weighted by molar-refractivity contribution is 6.08. The summed E-state index contributed by atoms with van der Waals surface area (Å²) in [6, 6.07) is 14.4. The highest BCUT2D eigenvalue weighted by atomic mass is 16.7. The van der Waals surface area contributed by atoms with Gasteiger partial charge >= 0.3 is 0 Å². The normalized spacial score (nSPS) is 18.6. The summed E-state index contributed by atoms with van der Waals surface area (Å²) in [7, 11) is 0. The topological polar surface area (TPSA) is 35.5 Å². The van der Waals surface area contributed by atoms with Gasteiger partial charge in [-0.1, -0.05) is 60.7 Å². The van der Waals surface area contributed by atoms with Crippen molar-refractivity contribution in [3.05, 3.63) is 89.4 Å². The van der Waals surface area contributed by atoms with Crippen LogP contribution < -0.4 is 0 Å². The molecule has 0 atom stereocenters. The Hall–Kier alpha value is -3.07. The van der Waals surface area contributed by atoms with Crippen molar-refractivity contribution in [3.8, 4) is 0 Å². The average Bonchev–Trinajstić information content (AvgIpc) is 3.02. The summed E-state index contributed by atoms with van der Waals surface area (Å²) < 4.78 is 10.5. The zero-order valence-corrected chi connectivity index (χ0v) is 12.4. The first-order valence-corrected chi connectivity index (χ1v) is 7.41. The number of rotatable bonds is 2. The Kier molecular flexibility index (Phi) is 3.31. The van der Waals surface area contributed by atoms with E-state index in [0.29, 0.717) is 17.1 Å². The summed E-state index contributed by atoms with van der Waals surface area (Å²) in [5.74, 6) is 1.07. The van der Waals surface area contributed by atoms with Gasteiger partial charge < -0.3 is 9.47 Å². The Bertz CT molecular complexity index is 908. The minimum Gasteiger partial charge on any atom is -0.454 e. The molecule has 2 aliphatic rings. The molecule has 23 heavy (non-hydrogen) atoms. The number of allylic oxidation sites excluding steroid dienone is 5. The van der Waals surface area contributed by atoms with Crippen LogP contribution in [0.1, 0.15) is 5.56 Å². The van der Waals surface area contributed by atoms with Crippen molar-refractivity contribution in [1.82, 2.24) is 0 Å². The third-order valence-corrected chi connectivity index (χ3v) is 3.88. The fourth-order valence-electron chi connectivity index (χ4n) is 2.72. The second-order valence-corrected chi connectivity index (χ2v) is 5.34. The Morgan fingerprint density at radius 3 is 2.61 bits per heavy atom. The molecule has 1 heterocycles. The number of fused-ring (bicyclic) bond motifs is 2. The first kappa shape index (κ1) is 13.6. The van der Waals surface area contributed by atoms with Crippen molar-refractivity contribution < 1.29 is 14.3 Å². The Balaban J connectivity index is 1.64. The number of carbonyl (C=O) groups is 1. The van der Waals surface area contributed by atoms with Gasteiger partial charge in [-0.2, -0.15) is 0 Å². The van der Waals surface area contributed by atoms with Crippen molar-refractivity contribution >= 4 is 22.6 Å². The molecule has 0 amide bonds. The van der Waals surface area contributed by atoms with Crippen molar-refractivity contribution in [1.29, 1.82) is 0 Å². The number of carbonyl (C=O) groups excluding carboxylic acids is 1. The second kappa shape index (κ2) is 5.61. The van der Waals surface area contributed by atoms with Gasteiger partial charge in [0, 0.05) is 11.6 Å². The summed E-state index contributed by atoms with van der Waals surface area (Å²) in [6.45, 7) is 0.171. The molecule has 0 saturated carbocycles. The molecule has 1 fully saturated rings. The Labute approximate surface area is 133 Å². The predicted molar refractivity (Wildman–Crippen MR) is 89.3 cm³/mol. The van der Waals surface area contributed by atoms with Gasteiger partial charge in [0.05, 0.1) is 0 Å². The maximum atomic E-state index is 12.0. The molecular weight excluding hydrogens is 288 g/mol. The molecule has 2 aromatic carbocycles. The lowest BCUT2D eigenvalue weighted by molar-refractivity contribution is -0.111. The molecule has 1 aliphatic heterocycles. The number of hydrogen-bond acceptors (Lipinski definition) is 3. The lowest BCUT2D eigenvalue weighted by Crippen LogP contribution is -2.04. The molecule has 3 heteroatoms. The molecular formula is C20H14O3. The first-order valence-electron chi connectivity index (χ1n) is 7.41. The molecule has 0 spiro atoms. The van der Waals surface area contributed by atoms with Crippen LogP contribution in [0.5, 0.6) is 0 Å². The minimum absolute atomic E-state index is 0.0724. The van der Waals surface area contributed by atoms with Gasteiger partial charge in [-0.15, -0.1) is 0 Å². The molecule has 1 aliphatic carbocycles. The van der Waals surface area contributed by atoms with E-state index in [1.807, 2.05) is 30.4 Å². The molecule has 0 unspecified atom stereocenters. The molecule has 0 bridgehead atoms. The maximum absolute atomic E-state index is 12.0. The molecule has 0 aromatic heterocycles. The molecule has 4 rings (SSSR count). The molecule has 1 saturated heterocycles. The maximum Gasteiger partial charge on any atom is 0.231 e. The standard InChI is InChI=1S/C20H14O3/c21-18-12-20-19(22-13-23-20)11-16(18)9-4-8-15-7-3-6-14-5-1-2-10-17(14)15/h1-12H,13H2/b8-4+,16-9+. The van der Waals surface area contributed by atoms with Crippen LogP contribution in [0, 0.1) is 0 Å². The number of ketones is 1. The van der Waals surface area contributed by atoms with Gasteiger partial charge in [0.2, 0.25) is 6.79 Å². The number of benzene rings is 2. The molecule has 0 radical (unpaired) electrons. The van der Waals surface area contributed by atoms with Gasteiger partial charge in [-0.3, -0.25) is 4.79 Å². The van der Waals surface area contributed by atoms with Crippen LogP contribution in [0.25, 0.3) is 16.8 Å². The summed E-state index contributed by atoms with van der Waals surface area (Å²) >= 11 is 0. The van der Waals surface area contributed by atoms with Crippen LogP contribution >= 0.6 is 0 Å². The highest BCUT2D eigenvalue weighted by Crippen LogP contribution is 2.27. The molecule has 0 N–H and O–H groups in total. The van der Waals surface area contributed by atoms with E-state index in [0.717, 1.165) is 5.56 Å². The molecule has 2 aromatic rings.